The number of ether oxygens (including phenoxy) is 1. The number of hydrogen-bond donors (Lipinski definition) is 2. The molecule has 3 N–H and O–H groups in total. The minimum absolute atomic E-state index is 0.0526. The van der Waals surface area contributed by atoms with Crippen molar-refractivity contribution in [1.82, 2.24) is 10.4 Å². The summed E-state index contributed by atoms with van der Waals surface area (Å²) in [4.78, 5) is 4.08. The first-order valence-electron chi connectivity index (χ1n) is 6.04. The lowest BCUT2D eigenvalue weighted by molar-refractivity contribution is 0.413. The van der Waals surface area contributed by atoms with E-state index in [4.69, 9.17) is 22.2 Å². The Morgan fingerprint density at radius 2 is 2.20 bits per heavy atom. The number of hydrogen-bond acceptors (Lipinski definition) is 4. The lowest BCUT2D eigenvalue weighted by Crippen LogP contribution is -2.29. The smallest absolute Gasteiger partial charge is 0.129 e. The standard InChI is InChI=1S/C14H15BrClN3O/c1-20-11-3-4-12(15)10(6-11)7-13(19-17)9-2-5-14(16)18-8-9/h2-6,8,13,19H,7,17H2,1H3. The third-order valence-corrected chi connectivity index (χ3v) is 4.03. The van der Waals surface area contributed by atoms with Crippen LogP contribution in [0.25, 0.3) is 0 Å². The highest BCUT2D eigenvalue weighted by Crippen LogP contribution is 2.27. The van der Waals surface area contributed by atoms with Crippen molar-refractivity contribution in [3.8, 4) is 5.75 Å². The number of nitrogens with two attached hydrogens (primary N) is 1. The molecule has 1 unspecified atom stereocenters. The molecule has 0 amide bonds. The molecular formula is C14H15BrClN3O. The molecule has 0 aliphatic heterocycles. The highest BCUT2D eigenvalue weighted by molar-refractivity contribution is 9.10. The van der Waals surface area contributed by atoms with Crippen molar-refractivity contribution in [2.45, 2.75) is 12.5 Å². The van der Waals surface area contributed by atoms with Crippen LogP contribution in [-0.2, 0) is 6.42 Å². The first-order valence-corrected chi connectivity index (χ1v) is 7.21. The van der Waals surface area contributed by atoms with Crippen molar-refractivity contribution >= 4 is 27.5 Å². The van der Waals surface area contributed by atoms with Gasteiger partial charge in [-0.3, -0.25) is 11.3 Å². The molecule has 0 aliphatic carbocycles. The van der Waals surface area contributed by atoms with Crippen LogP contribution in [-0.4, -0.2) is 12.1 Å². The highest BCUT2D eigenvalue weighted by Gasteiger charge is 2.13. The number of nitrogens with zero attached hydrogens (tertiary/aromatic N) is 1. The molecule has 2 aromatic rings. The fourth-order valence-corrected chi connectivity index (χ4v) is 2.44. The molecule has 106 valence electrons. The topological polar surface area (TPSA) is 60.2 Å². The maximum atomic E-state index is 5.80. The van der Waals surface area contributed by atoms with Crippen molar-refractivity contribution in [1.29, 1.82) is 0 Å². The highest BCUT2D eigenvalue weighted by atomic mass is 79.9. The van der Waals surface area contributed by atoms with Gasteiger partial charge in [-0.25, -0.2) is 4.98 Å². The van der Waals surface area contributed by atoms with E-state index in [0.717, 1.165) is 21.3 Å². The number of aromatic nitrogens is 1. The number of rotatable bonds is 5. The first kappa shape index (κ1) is 15.3. The molecule has 1 heterocycles. The van der Waals surface area contributed by atoms with Gasteiger partial charge in [0, 0.05) is 10.7 Å². The van der Waals surface area contributed by atoms with Crippen molar-refractivity contribution in [2.75, 3.05) is 7.11 Å². The van der Waals surface area contributed by atoms with Crippen LogP contribution in [0.15, 0.2) is 41.0 Å². The average Bonchev–Trinajstić information content (AvgIpc) is 2.47. The Morgan fingerprint density at radius 1 is 1.40 bits per heavy atom. The van der Waals surface area contributed by atoms with Gasteiger partial charge in [0.2, 0.25) is 0 Å². The maximum Gasteiger partial charge on any atom is 0.129 e. The van der Waals surface area contributed by atoms with E-state index in [1.54, 1.807) is 19.4 Å². The van der Waals surface area contributed by atoms with Crippen LogP contribution in [0.4, 0.5) is 0 Å². The Morgan fingerprint density at radius 3 is 2.80 bits per heavy atom. The summed E-state index contributed by atoms with van der Waals surface area (Å²) in [7, 11) is 1.65. The number of hydrazine groups is 1. The van der Waals surface area contributed by atoms with Crippen LogP contribution in [0.3, 0.4) is 0 Å². The molecule has 20 heavy (non-hydrogen) atoms. The fraction of sp³-hybridized carbons (Fsp3) is 0.214. The number of pyridine rings is 1. The summed E-state index contributed by atoms with van der Waals surface area (Å²) in [5.41, 5.74) is 4.88. The van der Waals surface area contributed by atoms with Crippen LogP contribution < -0.4 is 16.0 Å². The lowest BCUT2D eigenvalue weighted by atomic mass is 10.0. The summed E-state index contributed by atoms with van der Waals surface area (Å²) in [6.07, 6.45) is 2.43. The quantitative estimate of drug-likeness (QED) is 0.490. The third kappa shape index (κ3) is 3.70. The second kappa shape index (κ2) is 7.04. The summed E-state index contributed by atoms with van der Waals surface area (Å²) >= 11 is 9.34. The number of methoxy groups -OCH3 is 1. The molecule has 0 saturated heterocycles. The van der Waals surface area contributed by atoms with Crippen LogP contribution in [0.5, 0.6) is 5.75 Å². The summed E-state index contributed by atoms with van der Waals surface area (Å²) in [5, 5.41) is 0.465. The zero-order valence-electron chi connectivity index (χ0n) is 10.9. The summed E-state index contributed by atoms with van der Waals surface area (Å²) in [5.74, 6) is 6.47. The SMILES string of the molecule is COc1ccc(Br)c(CC(NN)c2ccc(Cl)nc2)c1. The number of halogens is 2. The Kier molecular flexibility index (Phi) is 5.37. The van der Waals surface area contributed by atoms with E-state index in [1.165, 1.54) is 0 Å². The predicted molar refractivity (Wildman–Crippen MR) is 83.7 cm³/mol. The van der Waals surface area contributed by atoms with Gasteiger partial charge < -0.3 is 4.74 Å². The second-order valence-corrected chi connectivity index (χ2v) is 5.54. The van der Waals surface area contributed by atoms with Gasteiger partial charge in [0.1, 0.15) is 10.9 Å². The molecule has 0 fully saturated rings. The van der Waals surface area contributed by atoms with E-state index in [1.807, 2.05) is 24.3 Å². The van der Waals surface area contributed by atoms with Crippen molar-refractivity contribution in [3.63, 3.8) is 0 Å². The largest absolute Gasteiger partial charge is 0.497 e. The minimum atomic E-state index is -0.0526. The van der Waals surface area contributed by atoms with Crippen LogP contribution in [0.1, 0.15) is 17.2 Å². The zero-order valence-corrected chi connectivity index (χ0v) is 13.3. The molecule has 0 spiro atoms. The van der Waals surface area contributed by atoms with Crippen molar-refractivity contribution in [2.24, 2.45) is 5.84 Å². The monoisotopic (exact) mass is 355 g/mol. The normalized spacial score (nSPS) is 12.2. The molecule has 1 atom stereocenters. The number of benzene rings is 1. The Labute approximate surface area is 131 Å². The zero-order chi connectivity index (χ0) is 14.5. The summed E-state index contributed by atoms with van der Waals surface area (Å²) in [6, 6.07) is 9.46. The van der Waals surface area contributed by atoms with Gasteiger partial charge in [-0.05, 0) is 41.8 Å². The molecule has 0 aliphatic rings. The molecule has 1 aromatic heterocycles. The fourth-order valence-electron chi connectivity index (χ4n) is 1.92. The second-order valence-electron chi connectivity index (χ2n) is 4.29. The number of nitrogens with one attached hydrogen (secondary N) is 1. The van der Waals surface area contributed by atoms with E-state index in [2.05, 4.69) is 26.3 Å². The molecule has 2 rings (SSSR count). The molecule has 1 aromatic carbocycles. The minimum Gasteiger partial charge on any atom is -0.497 e. The van der Waals surface area contributed by atoms with Crippen LogP contribution in [0.2, 0.25) is 5.15 Å². The van der Waals surface area contributed by atoms with Crippen LogP contribution in [0, 0.1) is 0 Å². The Hall–Kier alpha value is -1.14. The molecule has 4 nitrogen and oxygen atoms in total. The van der Waals surface area contributed by atoms with Gasteiger partial charge in [-0.2, -0.15) is 0 Å². The van der Waals surface area contributed by atoms with Crippen molar-refractivity contribution in [3.05, 3.63) is 57.3 Å². The molecule has 0 bridgehead atoms. The van der Waals surface area contributed by atoms with Gasteiger partial charge in [-0.1, -0.05) is 33.6 Å². The summed E-state index contributed by atoms with van der Waals surface area (Å²) < 4.78 is 6.26. The predicted octanol–water partition coefficient (Wildman–Crippen LogP) is 3.25. The van der Waals surface area contributed by atoms with E-state index < -0.39 is 0 Å². The maximum absolute atomic E-state index is 5.80. The van der Waals surface area contributed by atoms with Gasteiger partial charge in [-0.15, -0.1) is 0 Å². The van der Waals surface area contributed by atoms with Gasteiger partial charge >= 0.3 is 0 Å². The lowest BCUT2D eigenvalue weighted by Gasteiger charge is -2.17. The van der Waals surface area contributed by atoms with Gasteiger partial charge in [0.05, 0.1) is 13.2 Å². The van der Waals surface area contributed by atoms with Crippen LogP contribution >= 0.6 is 27.5 Å². The third-order valence-electron chi connectivity index (χ3n) is 3.03. The van der Waals surface area contributed by atoms with E-state index >= 15 is 0 Å². The van der Waals surface area contributed by atoms with E-state index in [9.17, 15) is 0 Å². The Bertz CT molecular complexity index is 577. The molecule has 0 saturated carbocycles. The van der Waals surface area contributed by atoms with E-state index in [0.29, 0.717) is 11.6 Å². The molecule has 6 heteroatoms. The molecule has 0 radical (unpaired) electrons. The Balaban J connectivity index is 2.23. The first-order chi connectivity index (χ1) is 9.63. The average molecular weight is 357 g/mol. The summed E-state index contributed by atoms with van der Waals surface area (Å²) in [6.45, 7) is 0. The van der Waals surface area contributed by atoms with Gasteiger partial charge in [0.15, 0.2) is 0 Å². The van der Waals surface area contributed by atoms with Crippen molar-refractivity contribution < 1.29 is 4.74 Å². The molecular weight excluding hydrogens is 342 g/mol. The van der Waals surface area contributed by atoms with Gasteiger partial charge in [0.25, 0.3) is 0 Å². The van der Waals surface area contributed by atoms with E-state index in [-0.39, 0.29) is 6.04 Å².